The first kappa shape index (κ1) is 13.5. The Kier molecular flexibility index (Phi) is 3.79. The Hall–Kier alpha value is -2.46. The number of benzene rings is 2. The van der Waals surface area contributed by atoms with Gasteiger partial charge >= 0.3 is 0 Å². The van der Waals surface area contributed by atoms with Crippen LogP contribution in [0.25, 0.3) is 5.69 Å². The maximum absolute atomic E-state index is 9.85. The van der Waals surface area contributed by atoms with E-state index in [9.17, 15) is 5.11 Å². The highest BCUT2D eigenvalue weighted by atomic mass is 35.5. The summed E-state index contributed by atoms with van der Waals surface area (Å²) in [7, 11) is 0. The molecule has 3 rings (SSSR count). The summed E-state index contributed by atoms with van der Waals surface area (Å²) in [6, 6.07) is 14.7. The molecule has 2 aromatic carbocycles. The first-order chi connectivity index (χ1) is 10.2. The van der Waals surface area contributed by atoms with Gasteiger partial charge < -0.3 is 10.4 Å². The Morgan fingerprint density at radius 2 is 2.00 bits per heavy atom. The normalized spacial score (nSPS) is 10.5. The lowest BCUT2D eigenvalue weighted by Crippen LogP contribution is -2.05. The fraction of sp³-hybridized carbons (Fsp3) is 0.0625. The van der Waals surface area contributed by atoms with E-state index < -0.39 is 0 Å². The van der Waals surface area contributed by atoms with Crippen LogP contribution in [0.3, 0.4) is 0 Å². The number of hydrogen-bond donors (Lipinski definition) is 2. The molecule has 0 saturated heterocycles. The average molecular weight is 300 g/mol. The highest BCUT2D eigenvalue weighted by Crippen LogP contribution is 2.24. The number of para-hydroxylation sites is 2. The van der Waals surface area contributed by atoms with Crippen LogP contribution in [0, 0.1) is 0 Å². The number of nitrogens with one attached hydrogen (secondary N) is 1. The molecule has 2 N–H and O–H groups in total. The van der Waals surface area contributed by atoms with Crippen molar-refractivity contribution in [2.45, 2.75) is 6.54 Å². The number of aromatic nitrogens is 2. The Morgan fingerprint density at radius 3 is 2.81 bits per heavy atom. The Balaban J connectivity index is 1.84. The largest absolute Gasteiger partial charge is 0.508 e. The Labute approximate surface area is 127 Å². The van der Waals surface area contributed by atoms with E-state index in [2.05, 4.69) is 10.4 Å². The minimum absolute atomic E-state index is 0.225. The summed E-state index contributed by atoms with van der Waals surface area (Å²) in [6.07, 6.45) is 3.62. The summed E-state index contributed by atoms with van der Waals surface area (Å²) in [5, 5.41) is 18.0. The van der Waals surface area contributed by atoms with Crippen LogP contribution < -0.4 is 5.32 Å². The van der Waals surface area contributed by atoms with Crippen molar-refractivity contribution in [3.8, 4) is 11.4 Å². The third kappa shape index (κ3) is 3.01. The number of anilines is 1. The second-order valence-corrected chi connectivity index (χ2v) is 5.03. The Morgan fingerprint density at radius 1 is 1.14 bits per heavy atom. The number of aromatic hydroxyl groups is 1. The molecule has 1 aromatic heterocycles. The minimum atomic E-state index is 0.225. The van der Waals surface area contributed by atoms with E-state index >= 15 is 0 Å². The number of phenolic OH excluding ortho intramolecular Hbond substituents is 1. The predicted molar refractivity (Wildman–Crippen MR) is 84.0 cm³/mol. The van der Waals surface area contributed by atoms with Crippen molar-refractivity contribution in [3.63, 3.8) is 0 Å². The molecular weight excluding hydrogens is 286 g/mol. The maximum atomic E-state index is 9.85. The number of rotatable bonds is 4. The molecule has 0 radical (unpaired) electrons. The van der Waals surface area contributed by atoms with Gasteiger partial charge in [-0.2, -0.15) is 5.10 Å². The van der Waals surface area contributed by atoms with E-state index in [0.29, 0.717) is 11.6 Å². The molecule has 3 aromatic rings. The SMILES string of the molecule is Oc1ccc(Cl)cc1CNc1ccccc1-n1cccn1. The van der Waals surface area contributed by atoms with Gasteiger partial charge in [-0.25, -0.2) is 4.68 Å². The zero-order chi connectivity index (χ0) is 14.7. The highest BCUT2D eigenvalue weighted by molar-refractivity contribution is 6.30. The van der Waals surface area contributed by atoms with Crippen molar-refractivity contribution in [2.24, 2.45) is 0 Å². The molecule has 1 heterocycles. The van der Waals surface area contributed by atoms with Crippen LogP contribution in [-0.2, 0) is 6.54 Å². The number of hydrogen-bond acceptors (Lipinski definition) is 3. The molecule has 106 valence electrons. The molecule has 0 spiro atoms. The summed E-state index contributed by atoms with van der Waals surface area (Å²) in [4.78, 5) is 0. The summed E-state index contributed by atoms with van der Waals surface area (Å²) in [5.74, 6) is 0.225. The number of phenols is 1. The summed E-state index contributed by atoms with van der Waals surface area (Å²) in [6.45, 7) is 0.477. The van der Waals surface area contributed by atoms with Crippen LogP contribution in [-0.4, -0.2) is 14.9 Å². The topological polar surface area (TPSA) is 50.1 Å². The first-order valence-electron chi connectivity index (χ1n) is 6.54. The van der Waals surface area contributed by atoms with Crippen LogP contribution in [0.1, 0.15) is 5.56 Å². The Bertz CT molecular complexity index is 741. The molecule has 21 heavy (non-hydrogen) atoms. The molecule has 0 fully saturated rings. The predicted octanol–water partition coefficient (Wildman–Crippen LogP) is 3.84. The van der Waals surface area contributed by atoms with Crippen molar-refractivity contribution in [1.82, 2.24) is 9.78 Å². The second-order valence-electron chi connectivity index (χ2n) is 4.59. The molecule has 0 aliphatic rings. The van der Waals surface area contributed by atoms with Crippen molar-refractivity contribution in [2.75, 3.05) is 5.32 Å². The molecule has 4 nitrogen and oxygen atoms in total. The van der Waals surface area contributed by atoms with Crippen LogP contribution in [0.2, 0.25) is 5.02 Å². The standard InChI is InChI=1S/C16H14ClN3O/c17-13-6-7-16(21)12(10-13)11-18-14-4-1-2-5-15(14)20-9-3-8-19-20/h1-10,18,21H,11H2. The van der Waals surface area contributed by atoms with Gasteiger partial charge in [0.05, 0.1) is 11.4 Å². The molecule has 0 unspecified atom stereocenters. The fourth-order valence-corrected chi connectivity index (χ4v) is 2.32. The molecule has 0 aliphatic carbocycles. The number of nitrogens with zero attached hydrogens (tertiary/aromatic N) is 2. The van der Waals surface area contributed by atoms with E-state index in [0.717, 1.165) is 16.9 Å². The third-order valence-electron chi connectivity index (χ3n) is 3.17. The van der Waals surface area contributed by atoms with E-state index in [-0.39, 0.29) is 5.75 Å². The smallest absolute Gasteiger partial charge is 0.120 e. The quantitative estimate of drug-likeness (QED) is 0.769. The third-order valence-corrected chi connectivity index (χ3v) is 3.40. The molecular formula is C16H14ClN3O. The lowest BCUT2D eigenvalue weighted by molar-refractivity contribution is 0.469. The fourth-order valence-electron chi connectivity index (χ4n) is 2.12. The average Bonchev–Trinajstić information content (AvgIpc) is 3.03. The van der Waals surface area contributed by atoms with Crippen LogP contribution in [0.4, 0.5) is 5.69 Å². The van der Waals surface area contributed by atoms with Gasteiger partial charge in [0.15, 0.2) is 0 Å². The minimum Gasteiger partial charge on any atom is -0.508 e. The molecule has 0 aliphatic heterocycles. The zero-order valence-electron chi connectivity index (χ0n) is 11.2. The van der Waals surface area contributed by atoms with Crippen molar-refractivity contribution < 1.29 is 5.11 Å². The van der Waals surface area contributed by atoms with Gasteiger partial charge in [-0.15, -0.1) is 0 Å². The molecule has 0 bridgehead atoms. The van der Waals surface area contributed by atoms with Crippen LogP contribution in [0.5, 0.6) is 5.75 Å². The summed E-state index contributed by atoms with van der Waals surface area (Å²) >= 11 is 5.96. The van der Waals surface area contributed by atoms with E-state index in [1.54, 1.807) is 29.1 Å². The molecule has 5 heteroatoms. The summed E-state index contributed by atoms with van der Waals surface area (Å²) in [5.41, 5.74) is 2.63. The van der Waals surface area contributed by atoms with Crippen molar-refractivity contribution in [1.29, 1.82) is 0 Å². The number of halogens is 1. The summed E-state index contributed by atoms with van der Waals surface area (Å²) < 4.78 is 1.79. The first-order valence-corrected chi connectivity index (χ1v) is 6.92. The second kappa shape index (κ2) is 5.89. The van der Waals surface area contributed by atoms with Gasteiger partial charge in [0, 0.05) is 29.5 Å². The van der Waals surface area contributed by atoms with Gasteiger partial charge in [0.2, 0.25) is 0 Å². The van der Waals surface area contributed by atoms with E-state index in [4.69, 9.17) is 11.6 Å². The van der Waals surface area contributed by atoms with Gasteiger partial charge in [-0.1, -0.05) is 23.7 Å². The van der Waals surface area contributed by atoms with Gasteiger partial charge in [-0.3, -0.25) is 0 Å². The van der Waals surface area contributed by atoms with E-state index in [1.165, 1.54) is 0 Å². The van der Waals surface area contributed by atoms with E-state index in [1.807, 2.05) is 36.5 Å². The lowest BCUT2D eigenvalue weighted by Gasteiger charge is -2.13. The molecule has 0 amide bonds. The maximum Gasteiger partial charge on any atom is 0.120 e. The van der Waals surface area contributed by atoms with Crippen LogP contribution in [0.15, 0.2) is 60.9 Å². The monoisotopic (exact) mass is 299 g/mol. The van der Waals surface area contributed by atoms with Crippen molar-refractivity contribution in [3.05, 3.63) is 71.5 Å². The van der Waals surface area contributed by atoms with Gasteiger partial charge in [-0.05, 0) is 36.4 Å². The van der Waals surface area contributed by atoms with Gasteiger partial charge in [0.25, 0.3) is 0 Å². The lowest BCUT2D eigenvalue weighted by atomic mass is 10.2. The zero-order valence-corrected chi connectivity index (χ0v) is 12.0. The van der Waals surface area contributed by atoms with Crippen LogP contribution >= 0.6 is 11.6 Å². The van der Waals surface area contributed by atoms with Gasteiger partial charge in [0.1, 0.15) is 5.75 Å². The van der Waals surface area contributed by atoms with Crippen molar-refractivity contribution >= 4 is 17.3 Å². The molecule has 0 saturated carbocycles. The molecule has 0 atom stereocenters. The highest BCUT2D eigenvalue weighted by Gasteiger charge is 2.06.